The van der Waals surface area contributed by atoms with E-state index < -0.39 is 16.9 Å². The minimum atomic E-state index is -0.867. The summed E-state index contributed by atoms with van der Waals surface area (Å²) < 4.78 is 9.77. The van der Waals surface area contributed by atoms with E-state index in [1.165, 1.54) is 32.4 Å². The fraction of sp³-hybridized carbons (Fsp3) is 0.364. The van der Waals surface area contributed by atoms with Gasteiger partial charge in [0, 0.05) is 19.2 Å². The third-order valence-corrected chi connectivity index (χ3v) is 2.33. The summed E-state index contributed by atoms with van der Waals surface area (Å²) in [6, 6.07) is 3.02. The molecule has 104 valence electrons. The molecule has 0 fully saturated rings. The molecule has 1 rings (SSSR count). The van der Waals surface area contributed by atoms with Crippen LogP contribution in [0.15, 0.2) is 18.2 Å². The van der Waals surface area contributed by atoms with Crippen molar-refractivity contribution in [2.24, 2.45) is 5.73 Å². The van der Waals surface area contributed by atoms with Gasteiger partial charge in [-0.15, -0.1) is 0 Å². The number of non-ortho nitro benzene ring substituents is 1. The first-order valence-electron chi connectivity index (χ1n) is 5.37. The predicted octanol–water partition coefficient (Wildman–Crippen LogP) is 0.516. The van der Waals surface area contributed by atoms with Gasteiger partial charge in [-0.2, -0.15) is 0 Å². The topological polar surface area (TPSA) is 117 Å². The van der Waals surface area contributed by atoms with E-state index in [4.69, 9.17) is 15.2 Å². The van der Waals surface area contributed by atoms with E-state index >= 15 is 0 Å². The van der Waals surface area contributed by atoms with Crippen LogP contribution in [0, 0.1) is 10.1 Å². The van der Waals surface area contributed by atoms with Crippen LogP contribution < -0.4 is 15.8 Å². The number of methoxy groups -OCH3 is 2. The second-order valence-electron chi connectivity index (χ2n) is 3.69. The lowest BCUT2D eigenvalue weighted by Gasteiger charge is -2.13. The smallest absolute Gasteiger partial charge is 0.271 e. The van der Waals surface area contributed by atoms with Gasteiger partial charge in [0.25, 0.3) is 5.69 Å². The molecule has 0 aromatic heterocycles. The van der Waals surface area contributed by atoms with Crippen molar-refractivity contribution in [1.29, 1.82) is 0 Å². The molecule has 0 aliphatic heterocycles. The molecule has 8 nitrogen and oxygen atoms in total. The van der Waals surface area contributed by atoms with Crippen molar-refractivity contribution < 1.29 is 19.2 Å². The van der Waals surface area contributed by atoms with Crippen molar-refractivity contribution in [3.8, 4) is 5.75 Å². The molecule has 1 aromatic rings. The Morgan fingerprint density at radius 1 is 1.53 bits per heavy atom. The fourth-order valence-corrected chi connectivity index (χ4v) is 1.39. The molecule has 3 N–H and O–H groups in total. The van der Waals surface area contributed by atoms with Gasteiger partial charge in [-0.05, 0) is 6.07 Å². The highest BCUT2D eigenvalue weighted by Gasteiger charge is 2.17. The molecule has 1 atom stereocenters. The molecule has 0 aliphatic carbocycles. The average molecular weight is 269 g/mol. The number of nitrogens with two attached hydrogens (primary N) is 1. The molecule has 1 unspecified atom stereocenters. The molecule has 0 spiro atoms. The third-order valence-electron chi connectivity index (χ3n) is 2.33. The van der Waals surface area contributed by atoms with Crippen molar-refractivity contribution in [2.75, 3.05) is 26.1 Å². The Bertz CT molecular complexity index is 477. The second kappa shape index (κ2) is 6.66. The first-order chi connectivity index (χ1) is 8.99. The molecule has 1 aromatic carbocycles. The van der Waals surface area contributed by atoms with Crippen LogP contribution >= 0.6 is 0 Å². The fourth-order valence-electron chi connectivity index (χ4n) is 1.39. The second-order valence-corrected chi connectivity index (χ2v) is 3.69. The van der Waals surface area contributed by atoms with Crippen molar-refractivity contribution in [3.05, 3.63) is 28.3 Å². The number of ether oxygens (including phenoxy) is 2. The summed E-state index contributed by atoms with van der Waals surface area (Å²) in [4.78, 5) is 21.8. The summed E-state index contributed by atoms with van der Waals surface area (Å²) >= 11 is 0. The van der Waals surface area contributed by atoms with E-state index in [-0.39, 0.29) is 18.0 Å². The van der Waals surface area contributed by atoms with Crippen molar-refractivity contribution >= 4 is 17.3 Å². The third kappa shape index (κ3) is 3.90. The Hall–Kier alpha value is -2.19. The van der Waals surface area contributed by atoms with Gasteiger partial charge >= 0.3 is 0 Å². The predicted molar refractivity (Wildman–Crippen MR) is 68.1 cm³/mol. The normalized spacial score (nSPS) is 11.7. The van der Waals surface area contributed by atoms with Gasteiger partial charge in [-0.3, -0.25) is 14.9 Å². The van der Waals surface area contributed by atoms with Gasteiger partial charge in [0.05, 0.1) is 24.3 Å². The number of anilines is 1. The number of carbonyl (C=O) groups excluding carboxylic acids is 1. The van der Waals surface area contributed by atoms with Gasteiger partial charge < -0.3 is 20.5 Å². The summed E-state index contributed by atoms with van der Waals surface area (Å²) in [6.07, 6.45) is 0. The number of carbonyl (C=O) groups is 1. The highest BCUT2D eigenvalue weighted by atomic mass is 16.6. The van der Waals surface area contributed by atoms with Crippen LogP contribution in [-0.2, 0) is 9.53 Å². The van der Waals surface area contributed by atoms with E-state index in [2.05, 4.69) is 5.32 Å². The van der Waals surface area contributed by atoms with E-state index in [9.17, 15) is 14.9 Å². The highest BCUT2D eigenvalue weighted by Crippen LogP contribution is 2.28. The van der Waals surface area contributed by atoms with Gasteiger partial charge in [0.2, 0.25) is 5.91 Å². The molecule has 0 heterocycles. The monoisotopic (exact) mass is 269 g/mol. The molecule has 19 heavy (non-hydrogen) atoms. The number of rotatable bonds is 6. The Balaban J connectivity index is 2.94. The lowest BCUT2D eigenvalue weighted by Crippen LogP contribution is -2.39. The van der Waals surface area contributed by atoms with Crippen LogP contribution in [0.4, 0.5) is 11.4 Å². The van der Waals surface area contributed by atoms with Crippen LogP contribution in [0.25, 0.3) is 0 Å². The van der Waals surface area contributed by atoms with Gasteiger partial charge in [-0.25, -0.2) is 0 Å². The van der Waals surface area contributed by atoms with E-state index in [0.29, 0.717) is 5.75 Å². The maximum absolute atomic E-state index is 11.7. The summed E-state index contributed by atoms with van der Waals surface area (Å²) in [5.74, 6) is -0.204. The van der Waals surface area contributed by atoms with Gasteiger partial charge in [0.15, 0.2) is 0 Å². The SMILES string of the molecule is COCC(N)C(=O)Nc1cc([N+](=O)[O-])ccc1OC. The van der Waals surface area contributed by atoms with Crippen LogP contribution in [-0.4, -0.2) is 37.7 Å². The Labute approximate surface area is 109 Å². The molecule has 0 radical (unpaired) electrons. The first-order valence-corrected chi connectivity index (χ1v) is 5.37. The van der Waals surface area contributed by atoms with Crippen molar-refractivity contribution in [2.45, 2.75) is 6.04 Å². The quantitative estimate of drug-likeness (QED) is 0.574. The van der Waals surface area contributed by atoms with Crippen LogP contribution in [0.2, 0.25) is 0 Å². The summed E-state index contributed by atoms with van der Waals surface area (Å²) in [7, 11) is 2.81. The zero-order chi connectivity index (χ0) is 14.4. The maximum Gasteiger partial charge on any atom is 0.271 e. The zero-order valence-electron chi connectivity index (χ0n) is 10.6. The molecule has 8 heteroatoms. The van der Waals surface area contributed by atoms with E-state index in [0.717, 1.165) is 0 Å². The number of hydrogen-bond acceptors (Lipinski definition) is 6. The maximum atomic E-state index is 11.7. The van der Waals surface area contributed by atoms with Crippen LogP contribution in [0.3, 0.4) is 0 Å². The van der Waals surface area contributed by atoms with Gasteiger partial charge in [0.1, 0.15) is 11.8 Å². The number of nitro groups is 1. The summed E-state index contributed by atoms with van der Waals surface area (Å²) in [6.45, 7) is 0.0447. The van der Waals surface area contributed by atoms with Crippen LogP contribution in [0.1, 0.15) is 0 Å². The number of nitro benzene ring substituents is 1. The molecule has 0 bridgehead atoms. The highest BCUT2D eigenvalue weighted by molar-refractivity contribution is 5.96. The Morgan fingerprint density at radius 3 is 2.74 bits per heavy atom. The Kier molecular flexibility index (Phi) is 5.22. The summed E-state index contributed by atoms with van der Waals surface area (Å²) in [5, 5.41) is 13.2. The number of hydrogen-bond donors (Lipinski definition) is 2. The lowest BCUT2D eigenvalue weighted by atomic mass is 10.2. The average Bonchev–Trinajstić information content (AvgIpc) is 2.38. The van der Waals surface area contributed by atoms with E-state index in [1.54, 1.807) is 0 Å². The number of benzene rings is 1. The van der Waals surface area contributed by atoms with Crippen LogP contribution in [0.5, 0.6) is 5.75 Å². The molecule has 0 saturated carbocycles. The zero-order valence-corrected chi connectivity index (χ0v) is 10.6. The Morgan fingerprint density at radius 2 is 2.21 bits per heavy atom. The molecule has 0 saturated heterocycles. The summed E-state index contributed by atoms with van der Waals surface area (Å²) in [5.41, 5.74) is 5.59. The molecular weight excluding hydrogens is 254 g/mol. The first kappa shape index (κ1) is 14.9. The van der Waals surface area contributed by atoms with Crippen molar-refractivity contribution in [1.82, 2.24) is 0 Å². The van der Waals surface area contributed by atoms with Crippen molar-refractivity contribution in [3.63, 3.8) is 0 Å². The number of amides is 1. The number of nitrogens with zero attached hydrogens (tertiary/aromatic N) is 1. The minimum Gasteiger partial charge on any atom is -0.495 e. The molecule has 1 amide bonds. The molecule has 0 aliphatic rings. The standard InChI is InChI=1S/C11H15N3O5/c1-18-6-8(12)11(15)13-9-5-7(14(16)17)3-4-10(9)19-2/h3-5,8H,6,12H2,1-2H3,(H,13,15). The van der Waals surface area contributed by atoms with Gasteiger partial charge in [-0.1, -0.05) is 0 Å². The number of nitrogens with one attached hydrogen (secondary N) is 1. The molecular formula is C11H15N3O5. The largest absolute Gasteiger partial charge is 0.495 e. The van der Waals surface area contributed by atoms with E-state index in [1.807, 2.05) is 0 Å². The minimum absolute atomic E-state index is 0.0447. The lowest BCUT2D eigenvalue weighted by molar-refractivity contribution is -0.384.